The molecule has 0 unspecified atom stereocenters. The highest BCUT2D eigenvalue weighted by Gasteiger charge is 2.12. The first kappa shape index (κ1) is 11.7. The Bertz CT molecular complexity index is 244. The second-order valence-electron chi connectivity index (χ2n) is 3.47. The lowest BCUT2D eigenvalue weighted by atomic mass is 10.4. The summed E-state index contributed by atoms with van der Waals surface area (Å²) in [7, 11) is 0. The number of aromatic nitrogens is 1. The second-order valence-corrected chi connectivity index (χ2v) is 3.47. The smallest absolute Gasteiger partial charge is 0.231 e. The zero-order chi connectivity index (χ0) is 10.9. The predicted octanol–water partition coefficient (Wildman–Crippen LogP) is 0.649. The number of nitrogens with zero attached hydrogens (tertiary/aromatic N) is 2. The number of carbonyl (C=O) groups is 1. The van der Waals surface area contributed by atoms with E-state index in [0.29, 0.717) is 6.54 Å². The fourth-order valence-corrected chi connectivity index (χ4v) is 1.47. The van der Waals surface area contributed by atoms with Crippen LogP contribution in [-0.4, -0.2) is 35.4 Å². The lowest BCUT2D eigenvalue weighted by Crippen LogP contribution is -2.31. The SMILES string of the molecule is NC(=O)CN1CCCC1.c1ccncc1. The summed E-state index contributed by atoms with van der Waals surface area (Å²) in [5, 5.41) is 0. The van der Waals surface area contributed by atoms with Crippen LogP contribution in [-0.2, 0) is 4.79 Å². The lowest BCUT2D eigenvalue weighted by molar-refractivity contribution is -0.118. The normalized spacial score (nSPS) is 15.5. The number of likely N-dealkylation sites (tertiary alicyclic amines) is 1. The number of rotatable bonds is 2. The van der Waals surface area contributed by atoms with Crippen molar-refractivity contribution in [3.63, 3.8) is 0 Å². The summed E-state index contributed by atoms with van der Waals surface area (Å²) in [6.45, 7) is 2.53. The number of nitrogens with two attached hydrogens (primary N) is 1. The van der Waals surface area contributed by atoms with Crippen LogP contribution in [0.1, 0.15) is 12.8 Å². The van der Waals surface area contributed by atoms with E-state index in [2.05, 4.69) is 9.88 Å². The highest BCUT2D eigenvalue weighted by Crippen LogP contribution is 2.05. The molecule has 1 amide bonds. The monoisotopic (exact) mass is 207 g/mol. The molecule has 2 N–H and O–H groups in total. The maximum absolute atomic E-state index is 10.3. The Hall–Kier alpha value is -1.42. The van der Waals surface area contributed by atoms with E-state index in [4.69, 9.17) is 5.73 Å². The van der Waals surface area contributed by atoms with Crippen molar-refractivity contribution in [1.29, 1.82) is 0 Å². The van der Waals surface area contributed by atoms with E-state index in [1.54, 1.807) is 12.4 Å². The van der Waals surface area contributed by atoms with Gasteiger partial charge in [0.25, 0.3) is 0 Å². The molecule has 82 valence electrons. The van der Waals surface area contributed by atoms with Crippen LogP contribution in [0, 0.1) is 0 Å². The molecule has 0 atom stereocenters. The van der Waals surface area contributed by atoms with Gasteiger partial charge in [0, 0.05) is 12.4 Å². The summed E-state index contributed by atoms with van der Waals surface area (Å²) in [4.78, 5) is 16.2. The third kappa shape index (κ3) is 5.80. The molecule has 1 aromatic rings. The van der Waals surface area contributed by atoms with Gasteiger partial charge in [0.15, 0.2) is 0 Å². The first-order valence-corrected chi connectivity index (χ1v) is 5.14. The van der Waals surface area contributed by atoms with Gasteiger partial charge in [-0.05, 0) is 38.1 Å². The topological polar surface area (TPSA) is 59.2 Å². The first-order chi connectivity index (χ1) is 7.29. The minimum absolute atomic E-state index is 0.211. The summed E-state index contributed by atoms with van der Waals surface area (Å²) in [6.07, 6.45) is 5.93. The highest BCUT2D eigenvalue weighted by atomic mass is 16.1. The molecular weight excluding hydrogens is 190 g/mol. The maximum atomic E-state index is 10.3. The Labute approximate surface area is 90.1 Å². The molecular formula is C11H17N3O. The van der Waals surface area contributed by atoms with E-state index >= 15 is 0 Å². The highest BCUT2D eigenvalue weighted by molar-refractivity contribution is 5.75. The van der Waals surface area contributed by atoms with Crippen LogP contribution < -0.4 is 5.73 Å². The molecule has 2 heterocycles. The van der Waals surface area contributed by atoms with Gasteiger partial charge in [-0.2, -0.15) is 0 Å². The van der Waals surface area contributed by atoms with Gasteiger partial charge in [-0.25, -0.2) is 0 Å². The number of primary amides is 1. The van der Waals surface area contributed by atoms with E-state index in [9.17, 15) is 4.79 Å². The van der Waals surface area contributed by atoms with E-state index in [1.165, 1.54) is 12.8 Å². The van der Waals surface area contributed by atoms with E-state index in [-0.39, 0.29) is 5.91 Å². The third-order valence-electron chi connectivity index (χ3n) is 2.14. The van der Waals surface area contributed by atoms with Crippen LogP contribution in [0.4, 0.5) is 0 Å². The Morgan fingerprint density at radius 1 is 1.20 bits per heavy atom. The average Bonchev–Trinajstić information content (AvgIpc) is 2.73. The molecule has 0 aromatic carbocycles. The van der Waals surface area contributed by atoms with Crippen LogP contribution in [0.3, 0.4) is 0 Å². The molecule has 0 bridgehead atoms. The minimum atomic E-state index is -0.211. The maximum Gasteiger partial charge on any atom is 0.231 e. The minimum Gasteiger partial charge on any atom is -0.369 e. The van der Waals surface area contributed by atoms with Gasteiger partial charge in [0.1, 0.15) is 0 Å². The molecule has 2 rings (SSSR count). The summed E-state index contributed by atoms with van der Waals surface area (Å²) in [6, 6.07) is 5.72. The van der Waals surface area contributed by atoms with Gasteiger partial charge in [-0.3, -0.25) is 14.7 Å². The van der Waals surface area contributed by atoms with Gasteiger partial charge in [-0.15, -0.1) is 0 Å². The van der Waals surface area contributed by atoms with Crippen molar-refractivity contribution >= 4 is 5.91 Å². The van der Waals surface area contributed by atoms with Gasteiger partial charge < -0.3 is 5.73 Å². The molecule has 1 aliphatic rings. The zero-order valence-corrected chi connectivity index (χ0v) is 8.80. The summed E-state index contributed by atoms with van der Waals surface area (Å²) in [5.74, 6) is -0.211. The Kier molecular flexibility index (Phi) is 5.40. The van der Waals surface area contributed by atoms with Crippen molar-refractivity contribution in [1.82, 2.24) is 9.88 Å². The fraction of sp³-hybridized carbons (Fsp3) is 0.455. The number of pyridine rings is 1. The van der Waals surface area contributed by atoms with Gasteiger partial charge >= 0.3 is 0 Å². The largest absolute Gasteiger partial charge is 0.369 e. The summed E-state index contributed by atoms with van der Waals surface area (Å²) >= 11 is 0. The van der Waals surface area contributed by atoms with Crippen LogP contribution in [0.5, 0.6) is 0 Å². The molecule has 1 fully saturated rings. The fourth-order valence-electron chi connectivity index (χ4n) is 1.47. The van der Waals surface area contributed by atoms with Crippen molar-refractivity contribution in [2.75, 3.05) is 19.6 Å². The quantitative estimate of drug-likeness (QED) is 0.774. The molecule has 4 heteroatoms. The van der Waals surface area contributed by atoms with Crippen LogP contribution in [0.15, 0.2) is 30.6 Å². The number of carbonyl (C=O) groups excluding carboxylic acids is 1. The summed E-state index contributed by atoms with van der Waals surface area (Å²) < 4.78 is 0. The van der Waals surface area contributed by atoms with Crippen molar-refractivity contribution in [3.8, 4) is 0 Å². The lowest BCUT2D eigenvalue weighted by Gasteiger charge is -2.09. The van der Waals surface area contributed by atoms with Crippen LogP contribution in [0.2, 0.25) is 0 Å². The first-order valence-electron chi connectivity index (χ1n) is 5.14. The van der Waals surface area contributed by atoms with Crippen molar-refractivity contribution in [2.24, 2.45) is 5.73 Å². The standard InChI is InChI=1S/C6H12N2O.C5H5N/c7-6(9)5-8-3-1-2-4-8;1-2-4-6-5-3-1/h1-5H2,(H2,7,9);1-5H. The molecule has 15 heavy (non-hydrogen) atoms. The average molecular weight is 207 g/mol. The van der Waals surface area contributed by atoms with Crippen molar-refractivity contribution < 1.29 is 4.79 Å². The van der Waals surface area contributed by atoms with Crippen molar-refractivity contribution in [2.45, 2.75) is 12.8 Å². The molecule has 4 nitrogen and oxygen atoms in total. The second kappa shape index (κ2) is 6.95. The number of amides is 1. The number of hydrogen-bond donors (Lipinski definition) is 1. The molecule has 0 aliphatic carbocycles. The van der Waals surface area contributed by atoms with E-state index in [1.807, 2.05) is 18.2 Å². The predicted molar refractivity (Wildman–Crippen MR) is 59.1 cm³/mol. The van der Waals surface area contributed by atoms with Gasteiger partial charge in [0.05, 0.1) is 6.54 Å². The van der Waals surface area contributed by atoms with E-state index in [0.717, 1.165) is 13.1 Å². The van der Waals surface area contributed by atoms with E-state index < -0.39 is 0 Å². The Morgan fingerprint density at radius 2 is 1.80 bits per heavy atom. The zero-order valence-electron chi connectivity index (χ0n) is 8.80. The Balaban J connectivity index is 0.000000162. The molecule has 1 aliphatic heterocycles. The van der Waals surface area contributed by atoms with Crippen molar-refractivity contribution in [3.05, 3.63) is 30.6 Å². The molecule has 1 saturated heterocycles. The molecule has 1 aromatic heterocycles. The Morgan fingerprint density at radius 3 is 2.13 bits per heavy atom. The molecule has 0 saturated carbocycles. The van der Waals surface area contributed by atoms with Crippen LogP contribution >= 0.6 is 0 Å². The summed E-state index contributed by atoms with van der Waals surface area (Å²) in [5.41, 5.74) is 4.99. The molecule has 0 spiro atoms. The molecule has 0 radical (unpaired) electrons. The third-order valence-corrected chi connectivity index (χ3v) is 2.14. The van der Waals surface area contributed by atoms with Gasteiger partial charge in [0.2, 0.25) is 5.91 Å². The number of hydrogen-bond acceptors (Lipinski definition) is 3. The van der Waals surface area contributed by atoms with Gasteiger partial charge in [-0.1, -0.05) is 6.07 Å². The van der Waals surface area contributed by atoms with Crippen LogP contribution in [0.25, 0.3) is 0 Å².